The lowest BCUT2D eigenvalue weighted by Gasteiger charge is -2.24. The van der Waals surface area contributed by atoms with Crippen LogP contribution in [-0.2, 0) is 20.9 Å². The van der Waals surface area contributed by atoms with Crippen molar-refractivity contribution in [3.63, 3.8) is 0 Å². The summed E-state index contributed by atoms with van der Waals surface area (Å²) in [5.74, 6) is -0.649. The van der Waals surface area contributed by atoms with Crippen molar-refractivity contribution >= 4 is 24.3 Å². The Bertz CT molecular complexity index is 440. The van der Waals surface area contributed by atoms with Crippen molar-refractivity contribution in [2.75, 3.05) is 13.2 Å². The Balaban J connectivity index is 0.00000400. The smallest absolute Gasteiger partial charge is 0.325 e. The van der Waals surface area contributed by atoms with Crippen molar-refractivity contribution in [3.8, 4) is 0 Å². The average Bonchev–Trinajstić information content (AvgIpc) is 2.46. The van der Waals surface area contributed by atoms with Gasteiger partial charge in [0.2, 0.25) is 5.91 Å². The molecule has 0 saturated carbocycles. The lowest BCUT2D eigenvalue weighted by Crippen LogP contribution is -2.45. The summed E-state index contributed by atoms with van der Waals surface area (Å²) in [6.45, 7) is 4.15. The molecule has 118 valence electrons. The first-order valence-electron chi connectivity index (χ1n) is 6.82. The zero-order chi connectivity index (χ0) is 15.0. The average molecular weight is 315 g/mol. The van der Waals surface area contributed by atoms with Crippen LogP contribution in [0.5, 0.6) is 0 Å². The van der Waals surface area contributed by atoms with Crippen LogP contribution in [0.15, 0.2) is 30.3 Å². The number of rotatable bonds is 7. The summed E-state index contributed by atoms with van der Waals surface area (Å²) < 4.78 is 4.90. The molecule has 0 unspecified atom stereocenters. The first-order valence-corrected chi connectivity index (χ1v) is 6.82. The summed E-state index contributed by atoms with van der Waals surface area (Å²) in [6, 6.07) is 8.91. The Morgan fingerprint density at radius 3 is 2.38 bits per heavy atom. The summed E-state index contributed by atoms with van der Waals surface area (Å²) >= 11 is 0. The Hall–Kier alpha value is -1.59. The fraction of sp³-hybridized carbons (Fsp3) is 0.467. The van der Waals surface area contributed by atoms with Crippen LogP contribution < -0.4 is 5.73 Å². The molecule has 1 amide bonds. The van der Waals surface area contributed by atoms with E-state index in [0.717, 1.165) is 5.56 Å². The van der Waals surface area contributed by atoms with Crippen molar-refractivity contribution in [1.29, 1.82) is 0 Å². The van der Waals surface area contributed by atoms with Gasteiger partial charge in [0.25, 0.3) is 0 Å². The molecule has 0 aliphatic rings. The van der Waals surface area contributed by atoms with Gasteiger partial charge >= 0.3 is 5.97 Å². The van der Waals surface area contributed by atoms with Gasteiger partial charge in [-0.25, -0.2) is 0 Å². The quantitative estimate of drug-likeness (QED) is 0.778. The number of hydrogen-bond donors (Lipinski definition) is 1. The van der Waals surface area contributed by atoms with Crippen molar-refractivity contribution in [1.82, 2.24) is 4.90 Å². The van der Waals surface area contributed by atoms with Gasteiger partial charge < -0.3 is 15.4 Å². The first-order chi connectivity index (χ1) is 9.58. The standard InChI is InChI=1S/C15H22N2O3.ClH/c1-3-13(16)15(19)17(11-14(18)20-4-2)10-12-8-6-5-7-9-12;/h5-9,13H,3-4,10-11,16H2,1-2H3;1H/t13-;/m0./s1. The van der Waals surface area contributed by atoms with Gasteiger partial charge in [-0.3, -0.25) is 9.59 Å². The molecule has 0 radical (unpaired) electrons. The van der Waals surface area contributed by atoms with Crippen LogP contribution in [0, 0.1) is 0 Å². The molecule has 0 bridgehead atoms. The van der Waals surface area contributed by atoms with E-state index in [9.17, 15) is 9.59 Å². The predicted octanol–water partition coefficient (Wildman–Crippen LogP) is 1.74. The number of ether oxygens (including phenoxy) is 1. The maximum Gasteiger partial charge on any atom is 0.325 e. The van der Waals surface area contributed by atoms with Crippen LogP contribution in [0.2, 0.25) is 0 Å². The van der Waals surface area contributed by atoms with Crippen LogP contribution in [0.1, 0.15) is 25.8 Å². The molecule has 1 aromatic carbocycles. The molecule has 0 fully saturated rings. The number of hydrogen-bond acceptors (Lipinski definition) is 4. The van der Waals surface area contributed by atoms with Gasteiger partial charge in [-0.2, -0.15) is 0 Å². The highest BCUT2D eigenvalue weighted by atomic mass is 35.5. The van der Waals surface area contributed by atoms with Gasteiger partial charge in [-0.15, -0.1) is 12.4 Å². The molecule has 0 aliphatic heterocycles. The predicted molar refractivity (Wildman–Crippen MR) is 84.0 cm³/mol. The zero-order valence-electron chi connectivity index (χ0n) is 12.5. The number of halogens is 1. The highest BCUT2D eigenvalue weighted by Gasteiger charge is 2.22. The molecule has 21 heavy (non-hydrogen) atoms. The van der Waals surface area contributed by atoms with Crippen molar-refractivity contribution in [2.24, 2.45) is 5.73 Å². The van der Waals surface area contributed by atoms with E-state index >= 15 is 0 Å². The van der Waals surface area contributed by atoms with Crippen LogP contribution >= 0.6 is 12.4 Å². The van der Waals surface area contributed by atoms with Gasteiger partial charge in [0.1, 0.15) is 6.54 Å². The molecule has 0 heterocycles. The van der Waals surface area contributed by atoms with E-state index in [0.29, 0.717) is 19.6 Å². The molecule has 1 atom stereocenters. The third kappa shape index (κ3) is 6.60. The Labute approximate surface area is 131 Å². The highest BCUT2D eigenvalue weighted by molar-refractivity contribution is 5.86. The maximum atomic E-state index is 12.2. The van der Waals surface area contributed by atoms with E-state index in [2.05, 4.69) is 0 Å². The van der Waals surface area contributed by atoms with Gasteiger partial charge in [-0.05, 0) is 18.9 Å². The molecular formula is C15H23ClN2O3. The Kier molecular flexibility index (Phi) is 9.41. The summed E-state index contributed by atoms with van der Waals surface area (Å²) in [4.78, 5) is 25.3. The molecule has 5 nitrogen and oxygen atoms in total. The minimum absolute atomic E-state index is 0. The maximum absolute atomic E-state index is 12.2. The highest BCUT2D eigenvalue weighted by Crippen LogP contribution is 2.07. The van der Waals surface area contributed by atoms with Crippen molar-refractivity contribution in [2.45, 2.75) is 32.9 Å². The SMILES string of the molecule is CCOC(=O)CN(Cc1ccccc1)C(=O)[C@@H](N)CC.Cl. The molecule has 1 rings (SSSR count). The second kappa shape index (κ2) is 10.2. The summed E-state index contributed by atoms with van der Waals surface area (Å²) in [6.07, 6.45) is 0.535. The molecule has 0 saturated heterocycles. The van der Waals surface area contributed by atoms with Crippen molar-refractivity contribution in [3.05, 3.63) is 35.9 Å². The number of amides is 1. The lowest BCUT2D eigenvalue weighted by atomic mass is 10.1. The normalized spacial score (nSPS) is 11.2. The third-order valence-electron chi connectivity index (χ3n) is 2.91. The van der Waals surface area contributed by atoms with E-state index in [-0.39, 0.29) is 24.9 Å². The molecule has 0 aliphatic carbocycles. The number of nitrogens with two attached hydrogens (primary N) is 1. The van der Waals surface area contributed by atoms with Crippen LogP contribution in [0.4, 0.5) is 0 Å². The largest absolute Gasteiger partial charge is 0.465 e. The number of esters is 1. The molecular weight excluding hydrogens is 292 g/mol. The number of benzene rings is 1. The Morgan fingerprint density at radius 2 is 1.86 bits per heavy atom. The van der Waals surface area contributed by atoms with Gasteiger partial charge in [0.15, 0.2) is 0 Å². The molecule has 0 spiro atoms. The van der Waals surface area contributed by atoms with E-state index in [4.69, 9.17) is 10.5 Å². The topological polar surface area (TPSA) is 72.6 Å². The van der Waals surface area contributed by atoms with Gasteiger partial charge in [0.05, 0.1) is 12.6 Å². The Morgan fingerprint density at radius 1 is 1.24 bits per heavy atom. The number of carbonyl (C=O) groups excluding carboxylic acids is 2. The van der Waals surface area contributed by atoms with Crippen LogP contribution in [0.3, 0.4) is 0 Å². The number of nitrogens with zero attached hydrogens (tertiary/aromatic N) is 1. The van der Waals surface area contributed by atoms with E-state index in [1.807, 2.05) is 37.3 Å². The number of carbonyl (C=O) groups is 2. The third-order valence-corrected chi connectivity index (χ3v) is 2.91. The molecule has 6 heteroatoms. The van der Waals surface area contributed by atoms with Gasteiger partial charge in [-0.1, -0.05) is 37.3 Å². The summed E-state index contributed by atoms with van der Waals surface area (Å²) in [5.41, 5.74) is 6.73. The van der Waals surface area contributed by atoms with E-state index in [1.54, 1.807) is 6.92 Å². The molecule has 1 aromatic rings. The molecule has 0 aromatic heterocycles. The van der Waals surface area contributed by atoms with E-state index < -0.39 is 12.0 Å². The first kappa shape index (κ1) is 19.4. The second-order valence-corrected chi connectivity index (χ2v) is 4.50. The minimum atomic E-state index is -0.590. The minimum Gasteiger partial charge on any atom is -0.465 e. The lowest BCUT2D eigenvalue weighted by molar-refractivity contribution is -0.149. The zero-order valence-corrected chi connectivity index (χ0v) is 13.3. The monoisotopic (exact) mass is 314 g/mol. The van der Waals surface area contributed by atoms with Crippen LogP contribution in [-0.4, -0.2) is 36.0 Å². The van der Waals surface area contributed by atoms with E-state index in [1.165, 1.54) is 4.90 Å². The van der Waals surface area contributed by atoms with Crippen LogP contribution in [0.25, 0.3) is 0 Å². The fourth-order valence-corrected chi connectivity index (χ4v) is 1.79. The summed E-state index contributed by atoms with van der Waals surface area (Å²) in [7, 11) is 0. The fourth-order valence-electron chi connectivity index (χ4n) is 1.79. The second-order valence-electron chi connectivity index (χ2n) is 4.50. The van der Waals surface area contributed by atoms with Crippen molar-refractivity contribution < 1.29 is 14.3 Å². The molecule has 2 N–H and O–H groups in total. The van der Waals surface area contributed by atoms with Gasteiger partial charge in [0, 0.05) is 6.54 Å². The summed E-state index contributed by atoms with van der Waals surface area (Å²) in [5, 5.41) is 0.